The van der Waals surface area contributed by atoms with Gasteiger partial charge in [-0.1, -0.05) is 6.58 Å². The average molecular weight is 261 g/mol. The van der Waals surface area contributed by atoms with Gasteiger partial charge in [0.15, 0.2) is 0 Å². The number of carbonyl (C=O) groups excluding carboxylic acids is 1. The SMILES string of the molecule is C=C(C)C(=O)N(C(C)OCCO)C(C)OCCO. The molecule has 1 amide bonds. The highest BCUT2D eigenvalue weighted by Crippen LogP contribution is 2.12. The Morgan fingerprint density at radius 2 is 1.56 bits per heavy atom. The third-order valence-corrected chi connectivity index (χ3v) is 2.28. The van der Waals surface area contributed by atoms with Crippen LogP contribution in [0.4, 0.5) is 0 Å². The summed E-state index contributed by atoms with van der Waals surface area (Å²) in [5, 5.41) is 17.4. The van der Waals surface area contributed by atoms with Crippen molar-refractivity contribution in [2.24, 2.45) is 0 Å². The molecule has 6 nitrogen and oxygen atoms in total. The summed E-state index contributed by atoms with van der Waals surface area (Å²) in [7, 11) is 0. The molecule has 0 spiro atoms. The quantitative estimate of drug-likeness (QED) is 0.454. The van der Waals surface area contributed by atoms with Crippen LogP contribution in [0, 0.1) is 0 Å². The van der Waals surface area contributed by atoms with Gasteiger partial charge in [-0.25, -0.2) is 0 Å². The molecule has 2 N–H and O–H groups in total. The number of rotatable bonds is 9. The van der Waals surface area contributed by atoms with Crippen LogP contribution < -0.4 is 0 Å². The molecule has 2 unspecified atom stereocenters. The van der Waals surface area contributed by atoms with Crippen molar-refractivity contribution in [1.29, 1.82) is 0 Å². The van der Waals surface area contributed by atoms with Crippen LogP contribution in [0.25, 0.3) is 0 Å². The van der Waals surface area contributed by atoms with Gasteiger partial charge in [0, 0.05) is 5.57 Å². The maximum absolute atomic E-state index is 12.0. The summed E-state index contributed by atoms with van der Waals surface area (Å²) < 4.78 is 10.6. The second-order valence-corrected chi connectivity index (χ2v) is 3.88. The minimum atomic E-state index is -0.546. The van der Waals surface area contributed by atoms with E-state index in [2.05, 4.69) is 6.58 Å². The minimum Gasteiger partial charge on any atom is -0.394 e. The number of ether oxygens (including phenoxy) is 2. The first kappa shape index (κ1) is 17.1. The molecule has 18 heavy (non-hydrogen) atoms. The van der Waals surface area contributed by atoms with Crippen LogP contribution >= 0.6 is 0 Å². The molecule has 0 saturated heterocycles. The second-order valence-electron chi connectivity index (χ2n) is 3.88. The van der Waals surface area contributed by atoms with Crippen molar-refractivity contribution < 1.29 is 24.5 Å². The van der Waals surface area contributed by atoms with E-state index in [-0.39, 0.29) is 32.3 Å². The maximum Gasteiger partial charge on any atom is 0.252 e. The zero-order valence-corrected chi connectivity index (χ0v) is 11.3. The minimum absolute atomic E-state index is 0.120. The highest BCUT2D eigenvalue weighted by atomic mass is 16.5. The van der Waals surface area contributed by atoms with Crippen molar-refractivity contribution in [1.82, 2.24) is 4.90 Å². The highest BCUT2D eigenvalue weighted by molar-refractivity contribution is 5.92. The van der Waals surface area contributed by atoms with Crippen LogP contribution in [-0.2, 0) is 14.3 Å². The molecule has 0 aromatic rings. The zero-order chi connectivity index (χ0) is 14.1. The van der Waals surface area contributed by atoms with Gasteiger partial charge in [0.2, 0.25) is 0 Å². The van der Waals surface area contributed by atoms with Gasteiger partial charge in [-0.3, -0.25) is 9.69 Å². The van der Waals surface area contributed by atoms with E-state index in [9.17, 15) is 4.79 Å². The van der Waals surface area contributed by atoms with E-state index in [1.54, 1.807) is 20.8 Å². The molecule has 0 fully saturated rings. The molecule has 0 saturated carbocycles. The molecule has 0 aromatic heterocycles. The van der Waals surface area contributed by atoms with E-state index in [4.69, 9.17) is 19.7 Å². The molecule has 0 heterocycles. The average Bonchev–Trinajstić information content (AvgIpc) is 2.33. The number of hydrogen-bond donors (Lipinski definition) is 2. The first-order chi connectivity index (χ1) is 8.45. The lowest BCUT2D eigenvalue weighted by Gasteiger charge is -2.34. The van der Waals surface area contributed by atoms with Gasteiger partial charge in [0.05, 0.1) is 26.4 Å². The van der Waals surface area contributed by atoms with Crippen molar-refractivity contribution in [3.63, 3.8) is 0 Å². The topological polar surface area (TPSA) is 79.2 Å². The smallest absolute Gasteiger partial charge is 0.252 e. The Bertz CT molecular complexity index is 255. The molecule has 0 aliphatic carbocycles. The fourth-order valence-corrected chi connectivity index (χ4v) is 1.45. The predicted molar refractivity (Wildman–Crippen MR) is 66.7 cm³/mol. The van der Waals surface area contributed by atoms with Gasteiger partial charge in [-0.05, 0) is 20.8 Å². The van der Waals surface area contributed by atoms with E-state index in [1.807, 2.05) is 0 Å². The largest absolute Gasteiger partial charge is 0.394 e. The van der Waals surface area contributed by atoms with Crippen molar-refractivity contribution in [2.45, 2.75) is 33.2 Å². The second kappa shape index (κ2) is 9.04. The molecule has 0 bridgehead atoms. The first-order valence-electron chi connectivity index (χ1n) is 5.88. The van der Waals surface area contributed by atoms with Crippen LogP contribution in [0.3, 0.4) is 0 Å². The standard InChI is InChI=1S/C12H23NO5/c1-9(2)12(16)13(10(3)17-7-5-14)11(4)18-8-6-15/h10-11,14-15H,1,5-8H2,2-4H3. The summed E-state index contributed by atoms with van der Waals surface area (Å²) in [6.45, 7) is 8.61. The van der Waals surface area contributed by atoms with Crippen LogP contribution in [0.1, 0.15) is 20.8 Å². The van der Waals surface area contributed by atoms with E-state index in [0.717, 1.165) is 0 Å². The van der Waals surface area contributed by atoms with E-state index in [0.29, 0.717) is 5.57 Å². The van der Waals surface area contributed by atoms with Gasteiger partial charge in [-0.15, -0.1) is 0 Å². The lowest BCUT2D eigenvalue weighted by Crippen LogP contribution is -2.48. The first-order valence-corrected chi connectivity index (χ1v) is 5.88. The third kappa shape index (κ3) is 5.59. The summed E-state index contributed by atoms with van der Waals surface area (Å²) in [4.78, 5) is 13.4. The Kier molecular flexibility index (Phi) is 8.57. The molecule has 106 valence electrons. The number of hydrogen-bond acceptors (Lipinski definition) is 5. The van der Waals surface area contributed by atoms with E-state index >= 15 is 0 Å². The Morgan fingerprint density at radius 1 is 1.17 bits per heavy atom. The summed E-state index contributed by atoms with van der Waals surface area (Å²) >= 11 is 0. The fraction of sp³-hybridized carbons (Fsp3) is 0.750. The summed E-state index contributed by atoms with van der Waals surface area (Å²) in [5.74, 6) is -0.286. The molecule has 0 rings (SSSR count). The van der Waals surface area contributed by atoms with E-state index < -0.39 is 12.5 Å². The van der Waals surface area contributed by atoms with Gasteiger partial charge in [0.1, 0.15) is 12.5 Å². The molecule has 2 atom stereocenters. The van der Waals surface area contributed by atoms with Gasteiger partial charge < -0.3 is 19.7 Å². The Morgan fingerprint density at radius 3 is 1.83 bits per heavy atom. The third-order valence-electron chi connectivity index (χ3n) is 2.28. The lowest BCUT2D eigenvalue weighted by atomic mass is 10.3. The molecule has 0 aromatic carbocycles. The monoisotopic (exact) mass is 261 g/mol. The van der Waals surface area contributed by atoms with Crippen molar-refractivity contribution >= 4 is 5.91 Å². The van der Waals surface area contributed by atoms with Gasteiger partial charge in [-0.2, -0.15) is 0 Å². The van der Waals surface area contributed by atoms with E-state index in [1.165, 1.54) is 4.90 Å². The van der Waals surface area contributed by atoms with Crippen LogP contribution in [0.15, 0.2) is 12.2 Å². The van der Waals surface area contributed by atoms with Crippen LogP contribution in [-0.4, -0.2) is 59.9 Å². The predicted octanol–water partition coefficient (Wildman–Crippen LogP) is 0.101. The highest BCUT2D eigenvalue weighted by Gasteiger charge is 2.26. The fourth-order valence-electron chi connectivity index (χ4n) is 1.45. The Balaban J connectivity index is 4.69. The van der Waals surface area contributed by atoms with Crippen LogP contribution in [0.5, 0.6) is 0 Å². The number of amides is 1. The van der Waals surface area contributed by atoms with Gasteiger partial charge >= 0.3 is 0 Å². The number of carbonyl (C=O) groups is 1. The summed E-state index contributed by atoms with van der Waals surface area (Å²) in [6.07, 6.45) is -1.09. The zero-order valence-electron chi connectivity index (χ0n) is 11.3. The summed E-state index contributed by atoms with van der Waals surface area (Å²) in [6, 6.07) is 0. The Hall–Kier alpha value is -0.950. The lowest BCUT2D eigenvalue weighted by molar-refractivity contribution is -0.170. The maximum atomic E-state index is 12.0. The van der Waals surface area contributed by atoms with Crippen molar-refractivity contribution in [3.8, 4) is 0 Å². The summed E-state index contributed by atoms with van der Waals surface area (Å²) in [5.41, 5.74) is 0.369. The molecule has 6 heteroatoms. The molecule has 0 radical (unpaired) electrons. The molecular formula is C12H23NO5. The number of aliphatic hydroxyl groups excluding tert-OH is 2. The number of nitrogens with zero attached hydrogens (tertiary/aromatic N) is 1. The van der Waals surface area contributed by atoms with Crippen molar-refractivity contribution in [3.05, 3.63) is 12.2 Å². The Labute approximate surface area is 108 Å². The number of aliphatic hydroxyl groups is 2. The molecule has 0 aliphatic heterocycles. The molecular weight excluding hydrogens is 238 g/mol. The van der Waals surface area contributed by atoms with Crippen LogP contribution in [0.2, 0.25) is 0 Å². The van der Waals surface area contributed by atoms with Crippen molar-refractivity contribution in [2.75, 3.05) is 26.4 Å². The normalized spacial score (nSPS) is 14.1. The molecule has 0 aliphatic rings. The van der Waals surface area contributed by atoms with Gasteiger partial charge in [0.25, 0.3) is 5.91 Å².